The Kier molecular flexibility index (Phi) is 11.9. The van der Waals surface area contributed by atoms with Gasteiger partial charge in [0.25, 0.3) is 11.8 Å². The van der Waals surface area contributed by atoms with E-state index in [4.69, 9.17) is 14.7 Å². The first-order valence-electron chi connectivity index (χ1n) is 26.4. The summed E-state index contributed by atoms with van der Waals surface area (Å²) in [5.74, 6) is -1.37. The van der Waals surface area contributed by atoms with E-state index in [0.29, 0.717) is 65.3 Å². The van der Waals surface area contributed by atoms with Crippen LogP contribution in [0.5, 0.6) is 11.8 Å². The molecule has 2 aliphatic carbocycles. The molecule has 73 heavy (non-hydrogen) atoms. The third-order valence-corrected chi connectivity index (χ3v) is 17.4. The summed E-state index contributed by atoms with van der Waals surface area (Å²) >= 11 is 0. The number of nitrogens with one attached hydrogen (secondary N) is 1. The first kappa shape index (κ1) is 47.7. The minimum absolute atomic E-state index is 0.0239. The van der Waals surface area contributed by atoms with Crippen LogP contribution < -0.4 is 19.9 Å². The maximum absolute atomic E-state index is 17.2. The zero-order valence-corrected chi connectivity index (χ0v) is 41.8. The molecule has 3 N–H and O–H groups in total. The van der Waals surface area contributed by atoms with Crippen LogP contribution in [0.3, 0.4) is 0 Å². The molecule has 7 aliphatic rings. The molecule has 5 aromatic rings. The molecule has 17 heteroatoms. The number of hydrogen-bond acceptors (Lipinski definition) is 14. The molecule has 6 fully saturated rings. The summed E-state index contributed by atoms with van der Waals surface area (Å²) in [5.41, 5.74) is 2.69. The average molecular weight is 994 g/mol. The van der Waals surface area contributed by atoms with Gasteiger partial charge in [0.05, 0.1) is 28.7 Å². The summed E-state index contributed by atoms with van der Waals surface area (Å²) in [4.78, 5) is 75.7. The number of carbonyl (C=O) groups excluding carboxylic acids is 4. The Morgan fingerprint density at radius 1 is 0.849 bits per heavy atom. The highest BCUT2D eigenvalue weighted by molar-refractivity contribution is 6.23. The van der Waals surface area contributed by atoms with Crippen LogP contribution in [0.25, 0.3) is 32.9 Å². The van der Waals surface area contributed by atoms with E-state index in [1.54, 1.807) is 30.5 Å². The Morgan fingerprint density at radius 2 is 1.63 bits per heavy atom. The fourth-order valence-electron chi connectivity index (χ4n) is 13.2. The van der Waals surface area contributed by atoms with Gasteiger partial charge in [-0.15, -0.1) is 0 Å². The fourth-order valence-corrected chi connectivity index (χ4v) is 13.2. The molecule has 2 saturated carbocycles. The lowest BCUT2D eigenvalue weighted by molar-refractivity contribution is -0.136. The quantitative estimate of drug-likeness (QED) is 0.116. The molecule has 4 amide bonds. The minimum Gasteiger partial charge on any atom is -0.508 e. The Hall–Kier alpha value is -6.30. The number of benzene rings is 3. The van der Waals surface area contributed by atoms with Crippen molar-refractivity contribution in [3.63, 3.8) is 0 Å². The second-order valence-electron chi connectivity index (χ2n) is 22.7. The van der Waals surface area contributed by atoms with Crippen LogP contribution in [-0.4, -0.2) is 147 Å². The van der Waals surface area contributed by atoms with Gasteiger partial charge in [-0.25, -0.2) is 4.39 Å². The molecule has 382 valence electrons. The molecule has 4 saturated heterocycles. The van der Waals surface area contributed by atoms with E-state index in [1.807, 2.05) is 36.1 Å². The number of ether oxygens (including phenoxy) is 1. The number of imide groups is 2. The first-order chi connectivity index (χ1) is 35.2. The largest absolute Gasteiger partial charge is 0.508 e. The lowest BCUT2D eigenvalue weighted by Crippen LogP contribution is -2.54. The molecule has 16 nitrogen and oxygen atoms in total. The SMILES string of the molecule is CCc1cccc2cc(O)cc(-c3ncc4c(N5CCC[C@@](C)(O)C5)nc(OCC5(CN6CCC7(CC6)CC(CN6CCN(c8ccc9c(c8)C(=O)N(C8CCC(=O)NC8=O)C9=O)CC6)C7)CC5)nc4c3F)c12. The second kappa shape index (κ2) is 18.3. The predicted molar refractivity (Wildman–Crippen MR) is 273 cm³/mol. The molecular formula is C56H64FN9O7. The average Bonchev–Trinajstić information content (AvgIpc) is 4.09. The van der Waals surface area contributed by atoms with Crippen molar-refractivity contribution in [3.8, 4) is 23.0 Å². The number of β-amino-alcohol motifs (C(OH)–C–C–N with tert-alkyl or cyclic N) is 1. The number of phenolic OH excluding ortho intramolecular Hbond substituents is 1. The number of aliphatic hydroxyl groups is 1. The van der Waals surface area contributed by atoms with Crippen molar-refractivity contribution in [1.29, 1.82) is 0 Å². The summed E-state index contributed by atoms with van der Waals surface area (Å²) in [6.07, 6.45) is 10.9. The molecule has 12 rings (SSSR count). The minimum atomic E-state index is -0.976. The number of aryl methyl sites for hydroxylation is 1. The van der Waals surface area contributed by atoms with Crippen molar-refractivity contribution >= 4 is 56.8 Å². The van der Waals surface area contributed by atoms with Gasteiger partial charge in [0.2, 0.25) is 11.8 Å². The van der Waals surface area contributed by atoms with E-state index < -0.39 is 41.1 Å². The smallest absolute Gasteiger partial charge is 0.319 e. The number of halogens is 1. The van der Waals surface area contributed by atoms with Crippen LogP contribution in [-0.2, 0) is 16.0 Å². The first-order valence-corrected chi connectivity index (χ1v) is 26.4. The van der Waals surface area contributed by atoms with E-state index in [0.717, 1.165) is 105 Å². The van der Waals surface area contributed by atoms with Crippen molar-refractivity contribution < 1.29 is 38.5 Å². The Labute approximate surface area is 423 Å². The van der Waals surface area contributed by atoms with Gasteiger partial charge in [-0.3, -0.25) is 39.3 Å². The number of amides is 4. The number of hydrogen-bond donors (Lipinski definition) is 3. The van der Waals surface area contributed by atoms with Gasteiger partial charge < -0.3 is 29.6 Å². The molecule has 0 bridgehead atoms. The van der Waals surface area contributed by atoms with E-state index in [2.05, 4.69) is 31.9 Å². The second-order valence-corrected chi connectivity index (χ2v) is 22.7. The summed E-state index contributed by atoms with van der Waals surface area (Å²) < 4.78 is 23.7. The normalized spacial score (nSPS) is 24.4. The van der Waals surface area contributed by atoms with Crippen molar-refractivity contribution in [1.82, 2.24) is 35.0 Å². The molecule has 1 spiro atoms. The van der Waals surface area contributed by atoms with Crippen molar-refractivity contribution in [2.75, 3.05) is 81.9 Å². The number of piperidine rings is 3. The van der Waals surface area contributed by atoms with Gasteiger partial charge in [0.15, 0.2) is 5.82 Å². The number of likely N-dealkylation sites (tertiary alicyclic amines) is 1. The Morgan fingerprint density at radius 3 is 2.37 bits per heavy atom. The molecular weight excluding hydrogens is 930 g/mol. The van der Waals surface area contributed by atoms with Crippen LogP contribution in [0, 0.1) is 22.6 Å². The lowest BCUT2D eigenvalue weighted by Gasteiger charge is -2.54. The van der Waals surface area contributed by atoms with Gasteiger partial charge in [-0.1, -0.05) is 25.1 Å². The number of fused-ring (bicyclic) bond motifs is 3. The highest BCUT2D eigenvalue weighted by Crippen LogP contribution is 2.54. The maximum atomic E-state index is 17.2. The molecule has 3 aromatic carbocycles. The zero-order valence-electron chi connectivity index (χ0n) is 41.8. The number of phenols is 1. The van der Waals surface area contributed by atoms with Gasteiger partial charge in [0, 0.05) is 81.6 Å². The number of rotatable bonds is 12. The summed E-state index contributed by atoms with van der Waals surface area (Å²) in [5, 5.41) is 26.2. The van der Waals surface area contributed by atoms with E-state index >= 15 is 4.39 Å². The van der Waals surface area contributed by atoms with Crippen LogP contribution in [0.1, 0.15) is 104 Å². The third kappa shape index (κ3) is 8.94. The molecule has 2 atom stereocenters. The number of anilines is 2. The van der Waals surface area contributed by atoms with Crippen LogP contribution in [0.15, 0.2) is 54.7 Å². The van der Waals surface area contributed by atoms with E-state index in [-0.39, 0.29) is 41.2 Å². The molecule has 1 unspecified atom stereocenters. The van der Waals surface area contributed by atoms with Gasteiger partial charge >= 0.3 is 6.01 Å². The zero-order chi connectivity index (χ0) is 50.4. The predicted octanol–water partition coefficient (Wildman–Crippen LogP) is 6.48. The Balaban J connectivity index is 0.657. The fraction of sp³-hybridized carbons (Fsp3) is 0.518. The van der Waals surface area contributed by atoms with Crippen LogP contribution in [0.4, 0.5) is 15.9 Å². The van der Waals surface area contributed by atoms with Crippen LogP contribution >= 0.6 is 0 Å². The van der Waals surface area contributed by atoms with Crippen molar-refractivity contribution in [3.05, 3.63) is 77.2 Å². The van der Waals surface area contributed by atoms with E-state index in [9.17, 15) is 29.4 Å². The number of carbonyl (C=O) groups is 4. The standard InChI is InChI=1S/C56H64FN9O7/c1-3-35-6-4-7-36-24-38(67)26-41(45(35)36)47-46(57)48-42(29-58-47)49(65-17-5-12-54(2,72)31-65)61-53(60-48)73-33-56(13-14-56)32-63-18-15-55(16-19-63)27-34(28-55)30-62-20-22-64(23-21-62)37-8-9-39-40(25-37)52(71)66(51(39)70)43-10-11-44(68)59-50(43)69/h4,6-9,24-26,29,34,43,67,72H,3,5,10-23,27-28,30-33H2,1-2H3,(H,59,68,69)/t43?,54-/m1/s1. The molecule has 5 aliphatic heterocycles. The highest BCUT2D eigenvalue weighted by atomic mass is 19.1. The summed E-state index contributed by atoms with van der Waals surface area (Å²) in [7, 11) is 0. The summed E-state index contributed by atoms with van der Waals surface area (Å²) in [6.45, 7) is 12.9. The number of aromatic hydroxyl groups is 1. The molecule has 0 radical (unpaired) electrons. The number of piperazine rings is 1. The summed E-state index contributed by atoms with van der Waals surface area (Å²) in [6, 6.07) is 13.7. The lowest BCUT2D eigenvalue weighted by atomic mass is 9.57. The number of nitrogens with zero attached hydrogens (tertiary/aromatic N) is 8. The van der Waals surface area contributed by atoms with E-state index in [1.165, 1.54) is 25.7 Å². The van der Waals surface area contributed by atoms with Crippen molar-refractivity contribution in [2.24, 2.45) is 16.7 Å². The van der Waals surface area contributed by atoms with Crippen LogP contribution in [0.2, 0.25) is 0 Å². The van der Waals surface area contributed by atoms with Gasteiger partial charge in [-0.2, -0.15) is 9.97 Å². The topological polar surface area (TPSA) is 185 Å². The molecule has 2 aromatic heterocycles. The number of aromatic nitrogens is 3. The van der Waals surface area contributed by atoms with Gasteiger partial charge in [0.1, 0.15) is 28.8 Å². The van der Waals surface area contributed by atoms with Gasteiger partial charge in [-0.05, 0) is 142 Å². The highest BCUT2D eigenvalue weighted by Gasteiger charge is 2.50. The molecule has 7 heterocycles. The monoisotopic (exact) mass is 993 g/mol. The number of pyridine rings is 1. The Bertz CT molecular complexity index is 3060. The maximum Gasteiger partial charge on any atom is 0.319 e. The third-order valence-electron chi connectivity index (χ3n) is 17.4. The van der Waals surface area contributed by atoms with Crippen molar-refractivity contribution in [2.45, 2.75) is 96.1 Å².